The normalized spacial score (nSPS) is 18.9. The molecule has 6 heteroatoms. The number of benzene rings is 2. The predicted octanol–water partition coefficient (Wildman–Crippen LogP) is 3.44. The molecule has 2 aliphatic heterocycles. The van der Waals surface area contributed by atoms with Gasteiger partial charge in [0.05, 0.1) is 11.7 Å². The van der Waals surface area contributed by atoms with Gasteiger partial charge < -0.3 is 15.0 Å². The Morgan fingerprint density at radius 2 is 2.04 bits per heavy atom. The summed E-state index contributed by atoms with van der Waals surface area (Å²) < 4.78 is 5.28. The lowest BCUT2D eigenvalue weighted by molar-refractivity contribution is 0.176. The summed E-state index contributed by atoms with van der Waals surface area (Å²) in [6.45, 7) is 3.90. The van der Waals surface area contributed by atoms with Crippen molar-refractivity contribution in [1.82, 2.24) is 10.2 Å². The molecule has 27 heavy (non-hydrogen) atoms. The monoisotopic (exact) mass is 365 g/mol. The van der Waals surface area contributed by atoms with Crippen molar-refractivity contribution in [3.63, 3.8) is 0 Å². The molecule has 3 amide bonds. The maximum Gasteiger partial charge on any atom is 0.414 e. The molecule has 0 saturated carbocycles. The Balaban J connectivity index is 1.55. The highest BCUT2D eigenvalue weighted by atomic mass is 16.6. The van der Waals surface area contributed by atoms with Crippen LogP contribution in [0.5, 0.6) is 0 Å². The Kier molecular flexibility index (Phi) is 4.71. The minimum Gasteiger partial charge on any atom is -0.447 e. The molecule has 0 bridgehead atoms. The van der Waals surface area contributed by atoms with Crippen LogP contribution in [0.25, 0.3) is 0 Å². The maximum atomic E-state index is 12.8. The Hall–Kier alpha value is -3.02. The van der Waals surface area contributed by atoms with Gasteiger partial charge in [0, 0.05) is 19.6 Å². The molecule has 2 aliphatic rings. The summed E-state index contributed by atoms with van der Waals surface area (Å²) in [5.74, 6) is 0. The molecule has 1 N–H and O–H groups in total. The van der Waals surface area contributed by atoms with Crippen molar-refractivity contribution in [3.8, 4) is 0 Å². The summed E-state index contributed by atoms with van der Waals surface area (Å²) in [6.07, 6.45) is 0.395. The summed E-state index contributed by atoms with van der Waals surface area (Å²) in [5.41, 5.74) is 3.95. The summed E-state index contributed by atoms with van der Waals surface area (Å²) in [4.78, 5) is 28.6. The molecule has 1 saturated heterocycles. The third-order valence-electron chi connectivity index (χ3n) is 5.13. The van der Waals surface area contributed by atoms with E-state index in [0.29, 0.717) is 32.7 Å². The fraction of sp³-hybridized carbons (Fsp3) is 0.333. The van der Waals surface area contributed by atoms with Crippen LogP contribution in [0.3, 0.4) is 0 Å². The molecule has 0 spiro atoms. The number of nitrogens with one attached hydrogen (secondary N) is 1. The zero-order valence-corrected chi connectivity index (χ0v) is 15.4. The van der Waals surface area contributed by atoms with Crippen LogP contribution in [0.15, 0.2) is 48.5 Å². The second kappa shape index (κ2) is 7.31. The van der Waals surface area contributed by atoms with E-state index in [1.54, 1.807) is 4.90 Å². The van der Waals surface area contributed by atoms with Crippen molar-refractivity contribution in [2.45, 2.75) is 32.5 Å². The standard InChI is InChI=1S/C21H23N3O3/c1-15-7-8-17-13-23(20(25)22-12-16-5-3-2-4-6-16)10-9-18-14-27-21(26)24(18)19(17)11-15/h2-8,11,18H,9-10,12-14H2,1H3,(H,22,25). The van der Waals surface area contributed by atoms with Crippen LogP contribution in [-0.2, 0) is 17.8 Å². The first kappa shape index (κ1) is 17.4. The van der Waals surface area contributed by atoms with Gasteiger partial charge in [0.1, 0.15) is 6.61 Å². The first-order valence-corrected chi connectivity index (χ1v) is 9.24. The van der Waals surface area contributed by atoms with Crippen LogP contribution in [-0.4, -0.2) is 36.2 Å². The van der Waals surface area contributed by atoms with Crippen LogP contribution < -0.4 is 10.2 Å². The molecule has 4 rings (SSSR count). The number of rotatable bonds is 2. The van der Waals surface area contributed by atoms with E-state index in [1.165, 1.54) is 0 Å². The number of cyclic esters (lactones) is 1. The summed E-state index contributed by atoms with van der Waals surface area (Å²) in [7, 11) is 0. The summed E-state index contributed by atoms with van der Waals surface area (Å²) in [5, 5.41) is 3.00. The molecule has 2 aromatic carbocycles. The van der Waals surface area contributed by atoms with Crippen molar-refractivity contribution in [2.75, 3.05) is 18.1 Å². The number of hydrogen-bond acceptors (Lipinski definition) is 3. The molecule has 0 radical (unpaired) electrons. The van der Waals surface area contributed by atoms with Crippen molar-refractivity contribution in [3.05, 3.63) is 65.2 Å². The topological polar surface area (TPSA) is 61.9 Å². The van der Waals surface area contributed by atoms with Crippen LogP contribution >= 0.6 is 0 Å². The van der Waals surface area contributed by atoms with E-state index < -0.39 is 0 Å². The Bertz CT molecular complexity index is 853. The highest BCUT2D eigenvalue weighted by Gasteiger charge is 2.37. The third-order valence-corrected chi connectivity index (χ3v) is 5.13. The van der Waals surface area contributed by atoms with Gasteiger partial charge in [-0.15, -0.1) is 0 Å². The number of carbonyl (C=O) groups is 2. The molecule has 0 aliphatic carbocycles. The number of urea groups is 1. The Labute approximate surface area is 158 Å². The largest absolute Gasteiger partial charge is 0.447 e. The van der Waals surface area contributed by atoms with E-state index >= 15 is 0 Å². The fourth-order valence-electron chi connectivity index (χ4n) is 3.65. The average molecular weight is 365 g/mol. The number of anilines is 1. The van der Waals surface area contributed by atoms with Gasteiger partial charge in [-0.1, -0.05) is 42.5 Å². The number of aryl methyl sites for hydroxylation is 1. The van der Waals surface area contributed by atoms with Gasteiger partial charge in [0.2, 0.25) is 0 Å². The number of carbonyl (C=O) groups excluding carboxylic acids is 2. The van der Waals surface area contributed by atoms with Crippen LogP contribution in [0.2, 0.25) is 0 Å². The Morgan fingerprint density at radius 3 is 2.85 bits per heavy atom. The molecular weight excluding hydrogens is 342 g/mol. The van der Waals surface area contributed by atoms with E-state index in [0.717, 1.165) is 22.4 Å². The first-order chi connectivity index (χ1) is 13.1. The average Bonchev–Trinajstić information content (AvgIpc) is 3.03. The summed E-state index contributed by atoms with van der Waals surface area (Å²) >= 11 is 0. The SMILES string of the molecule is Cc1ccc2c(c1)N1C(=O)OCC1CCN(C(=O)NCc1ccccc1)C2. The summed E-state index contributed by atoms with van der Waals surface area (Å²) in [6, 6.07) is 15.7. The number of fused-ring (bicyclic) bond motifs is 3. The third kappa shape index (κ3) is 3.60. The molecule has 1 unspecified atom stereocenters. The fourth-order valence-corrected chi connectivity index (χ4v) is 3.65. The highest BCUT2D eigenvalue weighted by molar-refractivity contribution is 5.91. The van der Waals surface area contributed by atoms with Crippen molar-refractivity contribution >= 4 is 17.8 Å². The zero-order chi connectivity index (χ0) is 18.8. The minimum atomic E-state index is -0.297. The second-order valence-electron chi connectivity index (χ2n) is 7.09. The maximum absolute atomic E-state index is 12.8. The predicted molar refractivity (Wildman–Crippen MR) is 102 cm³/mol. The number of hydrogen-bond donors (Lipinski definition) is 1. The van der Waals surface area contributed by atoms with Crippen LogP contribution in [0.1, 0.15) is 23.1 Å². The van der Waals surface area contributed by atoms with Crippen LogP contribution in [0.4, 0.5) is 15.3 Å². The molecule has 1 fully saturated rings. The lowest BCUT2D eigenvalue weighted by atomic mass is 10.0. The van der Waals surface area contributed by atoms with Gasteiger partial charge in [-0.2, -0.15) is 0 Å². The molecular formula is C21H23N3O3. The van der Waals surface area contributed by atoms with Crippen molar-refractivity contribution in [2.24, 2.45) is 0 Å². The second-order valence-corrected chi connectivity index (χ2v) is 7.09. The van der Waals surface area contributed by atoms with Gasteiger partial charge in [-0.05, 0) is 36.1 Å². The molecule has 140 valence electrons. The van der Waals surface area contributed by atoms with E-state index in [4.69, 9.17) is 4.74 Å². The minimum absolute atomic E-state index is 0.0391. The number of amides is 3. The lowest BCUT2D eigenvalue weighted by Gasteiger charge is -2.32. The highest BCUT2D eigenvalue weighted by Crippen LogP contribution is 2.32. The van der Waals surface area contributed by atoms with Crippen LogP contribution in [0, 0.1) is 6.92 Å². The molecule has 2 aromatic rings. The van der Waals surface area contributed by atoms with Gasteiger partial charge in [-0.25, -0.2) is 9.59 Å². The smallest absolute Gasteiger partial charge is 0.414 e. The molecule has 2 heterocycles. The number of ether oxygens (including phenoxy) is 1. The van der Waals surface area contributed by atoms with E-state index in [1.807, 2.05) is 60.4 Å². The number of nitrogens with zero attached hydrogens (tertiary/aromatic N) is 2. The molecule has 1 atom stereocenters. The van der Waals surface area contributed by atoms with Gasteiger partial charge >= 0.3 is 12.1 Å². The van der Waals surface area contributed by atoms with Gasteiger partial charge in [0.25, 0.3) is 0 Å². The quantitative estimate of drug-likeness (QED) is 0.887. The first-order valence-electron chi connectivity index (χ1n) is 9.24. The van der Waals surface area contributed by atoms with Crippen molar-refractivity contribution in [1.29, 1.82) is 0 Å². The van der Waals surface area contributed by atoms with Gasteiger partial charge in [-0.3, -0.25) is 4.90 Å². The lowest BCUT2D eigenvalue weighted by Crippen LogP contribution is -2.45. The molecule has 6 nitrogen and oxygen atoms in total. The van der Waals surface area contributed by atoms with Gasteiger partial charge in [0.15, 0.2) is 0 Å². The van der Waals surface area contributed by atoms with E-state index in [9.17, 15) is 9.59 Å². The molecule has 0 aromatic heterocycles. The van der Waals surface area contributed by atoms with E-state index in [2.05, 4.69) is 5.32 Å². The van der Waals surface area contributed by atoms with E-state index in [-0.39, 0.29) is 18.2 Å². The Morgan fingerprint density at radius 1 is 1.22 bits per heavy atom. The zero-order valence-electron chi connectivity index (χ0n) is 15.4. The van der Waals surface area contributed by atoms with Crippen molar-refractivity contribution < 1.29 is 14.3 Å².